The van der Waals surface area contributed by atoms with Crippen molar-refractivity contribution in [1.82, 2.24) is 4.90 Å². The van der Waals surface area contributed by atoms with Crippen LogP contribution >= 0.6 is 0 Å². The Morgan fingerprint density at radius 2 is 2.27 bits per heavy atom. The number of carbonyl (C=O) groups excluding carboxylic acids is 1. The third-order valence-corrected chi connectivity index (χ3v) is 3.05. The number of unbranched alkanes of at least 4 members (excludes halogenated alkanes) is 1. The van der Waals surface area contributed by atoms with Crippen molar-refractivity contribution in [2.75, 3.05) is 20.3 Å². The maximum Gasteiger partial charge on any atom is 0.222 e. The van der Waals surface area contributed by atoms with Gasteiger partial charge in [0.25, 0.3) is 0 Å². The quantitative estimate of drug-likeness (QED) is 0.700. The summed E-state index contributed by atoms with van der Waals surface area (Å²) in [6.07, 6.45) is 6.29. The second-order valence-corrected chi connectivity index (χ2v) is 4.30. The molecule has 1 unspecified atom stereocenters. The van der Waals surface area contributed by atoms with Gasteiger partial charge in [0.15, 0.2) is 0 Å². The van der Waals surface area contributed by atoms with Gasteiger partial charge in [0.1, 0.15) is 0 Å². The van der Waals surface area contributed by atoms with Crippen LogP contribution in [0.2, 0.25) is 0 Å². The number of nitrogens with zero attached hydrogens (tertiary/aromatic N) is 1. The standard InChI is InChI=1S/C12H23NO2/c1-3-4-8-12(14)13-9-6-5-7-11(13)10-15-2/h11H,3-10H2,1-2H3. The summed E-state index contributed by atoms with van der Waals surface area (Å²) in [5.74, 6) is 0.318. The van der Waals surface area contributed by atoms with E-state index in [9.17, 15) is 4.79 Å². The smallest absolute Gasteiger partial charge is 0.222 e. The van der Waals surface area contributed by atoms with Gasteiger partial charge in [-0.3, -0.25) is 4.79 Å². The van der Waals surface area contributed by atoms with Crippen molar-refractivity contribution in [2.45, 2.75) is 51.5 Å². The van der Waals surface area contributed by atoms with Crippen molar-refractivity contribution in [1.29, 1.82) is 0 Å². The van der Waals surface area contributed by atoms with Crippen molar-refractivity contribution in [3.05, 3.63) is 0 Å². The van der Waals surface area contributed by atoms with Gasteiger partial charge in [-0.25, -0.2) is 0 Å². The Bertz CT molecular complexity index is 192. The molecule has 1 fully saturated rings. The van der Waals surface area contributed by atoms with E-state index in [-0.39, 0.29) is 0 Å². The van der Waals surface area contributed by atoms with Crippen LogP contribution < -0.4 is 0 Å². The number of amides is 1. The van der Waals surface area contributed by atoms with Crippen molar-refractivity contribution >= 4 is 5.91 Å². The van der Waals surface area contributed by atoms with E-state index in [0.29, 0.717) is 25.0 Å². The number of likely N-dealkylation sites (tertiary alicyclic amines) is 1. The first-order valence-corrected chi connectivity index (χ1v) is 6.08. The number of carbonyl (C=O) groups is 1. The average molecular weight is 213 g/mol. The average Bonchev–Trinajstić information content (AvgIpc) is 2.27. The summed E-state index contributed by atoms with van der Waals surface area (Å²) in [4.78, 5) is 13.9. The van der Waals surface area contributed by atoms with Gasteiger partial charge >= 0.3 is 0 Å². The molecular formula is C12H23NO2. The van der Waals surface area contributed by atoms with E-state index in [4.69, 9.17) is 4.74 Å². The van der Waals surface area contributed by atoms with Crippen LogP contribution in [0.25, 0.3) is 0 Å². The van der Waals surface area contributed by atoms with Crippen LogP contribution in [0.1, 0.15) is 45.4 Å². The summed E-state index contributed by atoms with van der Waals surface area (Å²) in [5, 5.41) is 0. The third-order valence-electron chi connectivity index (χ3n) is 3.05. The van der Waals surface area contributed by atoms with Crippen LogP contribution in [0.5, 0.6) is 0 Å². The van der Waals surface area contributed by atoms with Crippen LogP contribution in [-0.4, -0.2) is 37.1 Å². The lowest BCUT2D eigenvalue weighted by Gasteiger charge is -2.35. The molecule has 0 radical (unpaired) electrons. The summed E-state index contributed by atoms with van der Waals surface area (Å²) in [6.45, 7) is 3.74. The highest BCUT2D eigenvalue weighted by Crippen LogP contribution is 2.18. The van der Waals surface area contributed by atoms with E-state index >= 15 is 0 Å². The molecular weight excluding hydrogens is 190 g/mol. The Hall–Kier alpha value is -0.570. The largest absolute Gasteiger partial charge is 0.383 e. The molecule has 1 aliphatic heterocycles. The minimum absolute atomic E-state index is 0.318. The second-order valence-electron chi connectivity index (χ2n) is 4.30. The SMILES string of the molecule is CCCCC(=O)N1CCCCC1COC. The molecule has 1 rings (SSSR count). The molecule has 88 valence electrons. The van der Waals surface area contributed by atoms with Crippen LogP contribution in [-0.2, 0) is 9.53 Å². The Balaban J connectivity index is 2.43. The van der Waals surface area contributed by atoms with Crippen molar-refractivity contribution in [2.24, 2.45) is 0 Å². The molecule has 0 spiro atoms. The Morgan fingerprint density at radius 1 is 1.47 bits per heavy atom. The molecule has 3 heteroatoms. The van der Waals surface area contributed by atoms with E-state index in [1.807, 2.05) is 4.90 Å². The molecule has 0 bridgehead atoms. The normalized spacial score (nSPS) is 21.7. The Morgan fingerprint density at radius 3 is 2.93 bits per heavy atom. The number of methoxy groups -OCH3 is 1. The number of ether oxygens (including phenoxy) is 1. The number of piperidine rings is 1. The monoisotopic (exact) mass is 213 g/mol. The molecule has 1 saturated heterocycles. The highest BCUT2D eigenvalue weighted by molar-refractivity contribution is 5.76. The topological polar surface area (TPSA) is 29.5 Å². The van der Waals surface area contributed by atoms with Gasteiger partial charge < -0.3 is 9.64 Å². The van der Waals surface area contributed by atoms with E-state index in [0.717, 1.165) is 32.2 Å². The third kappa shape index (κ3) is 3.82. The zero-order chi connectivity index (χ0) is 11.1. The predicted molar refractivity (Wildman–Crippen MR) is 60.8 cm³/mol. The molecule has 1 atom stereocenters. The van der Waals surface area contributed by atoms with Gasteiger partial charge in [0.05, 0.1) is 12.6 Å². The zero-order valence-electron chi connectivity index (χ0n) is 10.00. The molecule has 0 aromatic rings. The molecule has 1 amide bonds. The summed E-state index contributed by atoms with van der Waals surface area (Å²) < 4.78 is 5.17. The van der Waals surface area contributed by atoms with E-state index in [2.05, 4.69) is 6.92 Å². The molecule has 15 heavy (non-hydrogen) atoms. The molecule has 3 nitrogen and oxygen atoms in total. The highest BCUT2D eigenvalue weighted by Gasteiger charge is 2.25. The van der Waals surface area contributed by atoms with Crippen molar-refractivity contribution < 1.29 is 9.53 Å². The van der Waals surface area contributed by atoms with E-state index < -0.39 is 0 Å². The number of hydrogen-bond acceptors (Lipinski definition) is 2. The molecule has 1 heterocycles. The minimum atomic E-state index is 0.318. The lowest BCUT2D eigenvalue weighted by atomic mass is 10.0. The maximum absolute atomic E-state index is 11.9. The predicted octanol–water partition coefficient (Wildman–Crippen LogP) is 2.20. The van der Waals surface area contributed by atoms with Crippen LogP contribution in [0, 0.1) is 0 Å². The van der Waals surface area contributed by atoms with Crippen LogP contribution in [0.3, 0.4) is 0 Å². The first-order chi connectivity index (χ1) is 7.29. The lowest BCUT2D eigenvalue weighted by Crippen LogP contribution is -2.45. The first-order valence-electron chi connectivity index (χ1n) is 6.08. The summed E-state index contributed by atoms with van der Waals surface area (Å²) in [7, 11) is 1.71. The Kier molecular flexibility index (Phi) is 5.69. The summed E-state index contributed by atoms with van der Waals surface area (Å²) in [5.41, 5.74) is 0. The van der Waals surface area contributed by atoms with Gasteiger partial charge in [-0.15, -0.1) is 0 Å². The van der Waals surface area contributed by atoms with Gasteiger partial charge in [-0.05, 0) is 25.7 Å². The second kappa shape index (κ2) is 6.83. The highest BCUT2D eigenvalue weighted by atomic mass is 16.5. The molecule has 0 N–H and O–H groups in total. The fourth-order valence-corrected chi connectivity index (χ4v) is 2.17. The van der Waals surface area contributed by atoms with E-state index in [1.54, 1.807) is 7.11 Å². The van der Waals surface area contributed by atoms with Crippen molar-refractivity contribution in [3.63, 3.8) is 0 Å². The van der Waals surface area contributed by atoms with Gasteiger partial charge in [-0.1, -0.05) is 13.3 Å². The van der Waals surface area contributed by atoms with E-state index in [1.165, 1.54) is 6.42 Å². The molecule has 0 aromatic carbocycles. The van der Waals surface area contributed by atoms with Gasteiger partial charge in [0, 0.05) is 20.1 Å². The molecule has 0 saturated carbocycles. The summed E-state index contributed by atoms with van der Waals surface area (Å²) >= 11 is 0. The number of hydrogen-bond donors (Lipinski definition) is 0. The molecule has 1 aliphatic rings. The lowest BCUT2D eigenvalue weighted by molar-refractivity contribution is -0.136. The first kappa shape index (κ1) is 12.5. The van der Waals surface area contributed by atoms with Crippen molar-refractivity contribution in [3.8, 4) is 0 Å². The van der Waals surface area contributed by atoms with Crippen LogP contribution in [0.15, 0.2) is 0 Å². The van der Waals surface area contributed by atoms with Gasteiger partial charge in [-0.2, -0.15) is 0 Å². The molecule has 0 aromatic heterocycles. The zero-order valence-corrected chi connectivity index (χ0v) is 10.00. The fourth-order valence-electron chi connectivity index (χ4n) is 2.17. The maximum atomic E-state index is 11.9. The molecule has 0 aliphatic carbocycles. The van der Waals surface area contributed by atoms with Crippen LogP contribution in [0.4, 0.5) is 0 Å². The fraction of sp³-hybridized carbons (Fsp3) is 0.917. The summed E-state index contributed by atoms with van der Waals surface area (Å²) in [6, 6.07) is 0.327. The Labute approximate surface area is 92.8 Å². The van der Waals surface area contributed by atoms with Gasteiger partial charge in [0.2, 0.25) is 5.91 Å². The minimum Gasteiger partial charge on any atom is -0.383 e. The number of rotatable bonds is 5.